The van der Waals surface area contributed by atoms with Crippen LogP contribution < -0.4 is 0 Å². The van der Waals surface area contributed by atoms with Gasteiger partial charge in [-0.25, -0.2) is 0 Å². The molecule has 0 aliphatic heterocycles. The van der Waals surface area contributed by atoms with Crippen molar-refractivity contribution in [2.24, 2.45) is 0 Å². The summed E-state index contributed by atoms with van der Waals surface area (Å²) < 4.78 is 4.76. The smallest absolute Gasteiger partial charge is 0.308 e. The van der Waals surface area contributed by atoms with E-state index in [9.17, 15) is 9.90 Å². The topological polar surface area (TPSA) is 49.8 Å². The lowest BCUT2D eigenvalue weighted by Crippen LogP contribution is -2.31. The van der Waals surface area contributed by atoms with Gasteiger partial charge in [0.15, 0.2) is 0 Å². The van der Waals surface area contributed by atoms with Crippen LogP contribution in [0.25, 0.3) is 0 Å². The highest BCUT2D eigenvalue weighted by Crippen LogP contribution is 1.99. The molecule has 0 aromatic carbocycles. The predicted molar refractivity (Wildman–Crippen MR) is 59.7 cm³/mol. The second kappa shape index (κ2) is 8.68. The Balaban J connectivity index is 3.62. The fourth-order valence-corrected chi connectivity index (χ4v) is 1.36. The van der Waals surface area contributed by atoms with E-state index in [1.54, 1.807) is 6.92 Å². The lowest BCUT2D eigenvalue weighted by molar-refractivity contribution is -0.145. The molecule has 0 aromatic heterocycles. The number of carbonyl (C=O) groups excluding carboxylic acids is 1. The molecule has 0 spiro atoms. The van der Waals surface area contributed by atoms with E-state index in [1.165, 1.54) is 0 Å². The van der Waals surface area contributed by atoms with Crippen molar-refractivity contribution in [1.29, 1.82) is 0 Å². The highest BCUT2D eigenvalue weighted by atomic mass is 16.5. The fourth-order valence-electron chi connectivity index (χ4n) is 1.36. The van der Waals surface area contributed by atoms with Crippen molar-refractivity contribution in [3.63, 3.8) is 0 Å². The number of rotatable bonds is 8. The van der Waals surface area contributed by atoms with Crippen molar-refractivity contribution in [2.75, 3.05) is 26.7 Å². The van der Waals surface area contributed by atoms with Crippen molar-refractivity contribution in [1.82, 2.24) is 4.90 Å². The zero-order chi connectivity index (χ0) is 11.7. The van der Waals surface area contributed by atoms with Crippen LogP contribution in [-0.4, -0.2) is 48.8 Å². The average molecular weight is 217 g/mol. The molecule has 0 aromatic rings. The molecule has 0 fully saturated rings. The summed E-state index contributed by atoms with van der Waals surface area (Å²) in [6, 6.07) is 0. The summed E-state index contributed by atoms with van der Waals surface area (Å²) in [6.07, 6.45) is 1.72. The number of carbonyl (C=O) groups is 1. The Bertz CT molecular complexity index is 173. The van der Waals surface area contributed by atoms with E-state index in [0.29, 0.717) is 13.2 Å². The first-order chi connectivity index (χ1) is 7.10. The van der Waals surface area contributed by atoms with Crippen molar-refractivity contribution in [2.45, 2.75) is 39.2 Å². The molecule has 15 heavy (non-hydrogen) atoms. The van der Waals surface area contributed by atoms with Gasteiger partial charge in [0.2, 0.25) is 0 Å². The summed E-state index contributed by atoms with van der Waals surface area (Å²) in [6.45, 7) is 5.74. The van der Waals surface area contributed by atoms with E-state index in [0.717, 1.165) is 19.4 Å². The van der Waals surface area contributed by atoms with Crippen molar-refractivity contribution >= 4 is 5.97 Å². The van der Waals surface area contributed by atoms with E-state index in [2.05, 4.69) is 6.92 Å². The molecule has 4 nitrogen and oxygen atoms in total. The summed E-state index contributed by atoms with van der Waals surface area (Å²) in [5.74, 6) is -0.325. The van der Waals surface area contributed by atoms with Crippen molar-refractivity contribution in [3.8, 4) is 0 Å². The largest absolute Gasteiger partial charge is 0.466 e. The highest BCUT2D eigenvalue weighted by molar-refractivity contribution is 5.69. The van der Waals surface area contributed by atoms with Gasteiger partial charge in [0.05, 0.1) is 19.1 Å². The van der Waals surface area contributed by atoms with Gasteiger partial charge in [0, 0.05) is 6.54 Å². The molecular weight excluding hydrogens is 194 g/mol. The zero-order valence-corrected chi connectivity index (χ0v) is 10.0. The van der Waals surface area contributed by atoms with E-state index < -0.39 is 6.10 Å². The van der Waals surface area contributed by atoms with Crippen LogP contribution in [0.2, 0.25) is 0 Å². The Hall–Kier alpha value is -0.610. The molecular formula is C11H23NO3. The van der Waals surface area contributed by atoms with Crippen LogP contribution >= 0.6 is 0 Å². The third-order valence-electron chi connectivity index (χ3n) is 2.12. The van der Waals surface area contributed by atoms with Crippen LogP contribution in [0, 0.1) is 0 Å². The lowest BCUT2D eigenvalue weighted by atomic mass is 10.2. The first-order valence-electron chi connectivity index (χ1n) is 5.62. The number of aliphatic hydroxyl groups excluding tert-OH is 1. The SMILES string of the molecule is CCCCN(C)CC(O)CC(=O)OCC. The van der Waals surface area contributed by atoms with Gasteiger partial charge in [-0.05, 0) is 26.9 Å². The predicted octanol–water partition coefficient (Wildman–Crippen LogP) is 1.03. The molecule has 0 aliphatic rings. The maximum absolute atomic E-state index is 11.0. The Morgan fingerprint density at radius 2 is 2.13 bits per heavy atom. The van der Waals surface area contributed by atoms with Crippen LogP contribution in [0.5, 0.6) is 0 Å². The Labute approximate surface area is 92.2 Å². The molecule has 0 aliphatic carbocycles. The molecule has 4 heteroatoms. The maximum Gasteiger partial charge on any atom is 0.308 e. The van der Waals surface area contributed by atoms with Gasteiger partial charge in [-0.3, -0.25) is 4.79 Å². The monoisotopic (exact) mass is 217 g/mol. The number of esters is 1. The summed E-state index contributed by atoms with van der Waals surface area (Å²) in [5, 5.41) is 9.57. The van der Waals surface area contributed by atoms with Crippen molar-refractivity contribution in [3.05, 3.63) is 0 Å². The summed E-state index contributed by atoms with van der Waals surface area (Å²) >= 11 is 0. The number of hydrogen-bond acceptors (Lipinski definition) is 4. The highest BCUT2D eigenvalue weighted by Gasteiger charge is 2.13. The quantitative estimate of drug-likeness (QED) is 0.617. The van der Waals surface area contributed by atoms with E-state index in [1.807, 2.05) is 11.9 Å². The molecule has 0 saturated heterocycles. The first kappa shape index (κ1) is 14.4. The van der Waals surface area contributed by atoms with Gasteiger partial charge >= 0.3 is 5.97 Å². The van der Waals surface area contributed by atoms with Gasteiger partial charge < -0.3 is 14.7 Å². The molecule has 1 unspecified atom stereocenters. The van der Waals surface area contributed by atoms with E-state index >= 15 is 0 Å². The Morgan fingerprint density at radius 3 is 2.67 bits per heavy atom. The molecule has 0 saturated carbocycles. The average Bonchev–Trinajstić information content (AvgIpc) is 2.14. The third-order valence-corrected chi connectivity index (χ3v) is 2.12. The van der Waals surface area contributed by atoms with Gasteiger partial charge in [-0.1, -0.05) is 13.3 Å². The molecule has 0 rings (SSSR count). The van der Waals surface area contributed by atoms with Crippen LogP contribution in [0.1, 0.15) is 33.1 Å². The molecule has 1 N–H and O–H groups in total. The van der Waals surface area contributed by atoms with Gasteiger partial charge in [0.1, 0.15) is 0 Å². The Kier molecular flexibility index (Phi) is 8.33. The number of hydrogen-bond donors (Lipinski definition) is 1. The van der Waals surface area contributed by atoms with Crippen LogP contribution in [0.15, 0.2) is 0 Å². The molecule has 0 bridgehead atoms. The fraction of sp³-hybridized carbons (Fsp3) is 0.909. The van der Waals surface area contributed by atoms with Crippen LogP contribution in [0.3, 0.4) is 0 Å². The van der Waals surface area contributed by atoms with Gasteiger partial charge in [0.25, 0.3) is 0 Å². The standard InChI is InChI=1S/C11H23NO3/c1-4-6-7-12(3)9-10(13)8-11(14)15-5-2/h10,13H,4-9H2,1-3H3. The number of aliphatic hydroxyl groups is 1. The first-order valence-corrected chi connectivity index (χ1v) is 5.62. The number of likely N-dealkylation sites (N-methyl/N-ethyl adjacent to an activating group) is 1. The second-order valence-corrected chi connectivity index (χ2v) is 3.78. The van der Waals surface area contributed by atoms with Gasteiger partial charge in [-0.15, -0.1) is 0 Å². The molecule has 1 atom stereocenters. The zero-order valence-electron chi connectivity index (χ0n) is 10.0. The van der Waals surface area contributed by atoms with E-state index in [-0.39, 0.29) is 12.4 Å². The third kappa shape index (κ3) is 8.39. The number of unbranched alkanes of at least 4 members (excludes halogenated alkanes) is 1. The Morgan fingerprint density at radius 1 is 1.47 bits per heavy atom. The summed E-state index contributed by atoms with van der Waals surface area (Å²) in [5.41, 5.74) is 0. The van der Waals surface area contributed by atoms with Crippen molar-refractivity contribution < 1.29 is 14.6 Å². The van der Waals surface area contributed by atoms with E-state index in [4.69, 9.17) is 4.74 Å². The lowest BCUT2D eigenvalue weighted by Gasteiger charge is -2.19. The minimum atomic E-state index is -0.620. The minimum absolute atomic E-state index is 0.0876. The number of nitrogens with zero attached hydrogens (tertiary/aromatic N) is 1. The second-order valence-electron chi connectivity index (χ2n) is 3.78. The molecule has 90 valence electrons. The maximum atomic E-state index is 11.0. The van der Waals surface area contributed by atoms with Crippen LogP contribution in [0.4, 0.5) is 0 Å². The molecule has 0 radical (unpaired) electrons. The van der Waals surface area contributed by atoms with Gasteiger partial charge in [-0.2, -0.15) is 0 Å². The summed E-state index contributed by atoms with van der Waals surface area (Å²) in [4.78, 5) is 13.1. The molecule has 0 amide bonds. The minimum Gasteiger partial charge on any atom is -0.466 e. The normalized spacial score (nSPS) is 12.9. The molecule has 0 heterocycles. The summed E-state index contributed by atoms with van der Waals surface area (Å²) in [7, 11) is 1.95. The number of ether oxygens (including phenoxy) is 1. The van der Waals surface area contributed by atoms with Crippen LogP contribution in [-0.2, 0) is 9.53 Å².